The first-order valence-corrected chi connectivity index (χ1v) is 5.43. The summed E-state index contributed by atoms with van der Waals surface area (Å²) in [6, 6.07) is 3.84. The monoisotopic (exact) mass is 218 g/mol. The lowest BCUT2D eigenvalue weighted by Gasteiger charge is -1.92. The van der Waals surface area contributed by atoms with Crippen molar-refractivity contribution in [1.82, 2.24) is 9.97 Å². The maximum Gasteiger partial charge on any atom is 0.125 e. The molecule has 0 radical (unpaired) electrons. The van der Waals surface area contributed by atoms with Crippen molar-refractivity contribution in [3.8, 4) is 10.6 Å². The topological polar surface area (TPSA) is 42.9 Å². The van der Waals surface area contributed by atoms with Gasteiger partial charge in [0, 0.05) is 29.3 Å². The Hall–Kier alpha value is -1.55. The molecule has 76 valence electrons. The lowest BCUT2D eigenvalue weighted by Crippen LogP contribution is -1.83. The highest BCUT2D eigenvalue weighted by molar-refractivity contribution is 7.15. The minimum atomic E-state index is 0.453. The summed E-state index contributed by atoms with van der Waals surface area (Å²) in [6.45, 7) is 1.93. The van der Waals surface area contributed by atoms with E-state index in [4.69, 9.17) is 0 Å². The molecule has 0 fully saturated rings. The number of aldehydes is 1. The van der Waals surface area contributed by atoms with E-state index in [-0.39, 0.29) is 0 Å². The van der Waals surface area contributed by atoms with E-state index in [0.29, 0.717) is 6.42 Å². The van der Waals surface area contributed by atoms with Gasteiger partial charge in [-0.3, -0.25) is 4.98 Å². The Bertz CT molecular complexity index is 465. The van der Waals surface area contributed by atoms with E-state index in [0.717, 1.165) is 27.4 Å². The molecule has 0 aliphatic heterocycles. The lowest BCUT2D eigenvalue weighted by molar-refractivity contribution is -0.107. The van der Waals surface area contributed by atoms with Crippen LogP contribution in [-0.4, -0.2) is 16.3 Å². The smallest absolute Gasteiger partial charge is 0.125 e. The van der Waals surface area contributed by atoms with Crippen LogP contribution in [0.15, 0.2) is 24.5 Å². The van der Waals surface area contributed by atoms with Crippen LogP contribution in [0.1, 0.15) is 10.6 Å². The van der Waals surface area contributed by atoms with E-state index in [2.05, 4.69) is 9.97 Å². The number of rotatable bonds is 3. The number of nitrogens with zero attached hydrogens (tertiary/aromatic N) is 2. The number of carbonyl (C=O) groups excluding carboxylic acids is 1. The van der Waals surface area contributed by atoms with Crippen LogP contribution in [-0.2, 0) is 11.2 Å². The summed E-state index contributed by atoms with van der Waals surface area (Å²) < 4.78 is 0. The third-order valence-electron chi connectivity index (χ3n) is 2.09. The Morgan fingerprint density at radius 2 is 2.13 bits per heavy atom. The van der Waals surface area contributed by atoms with Crippen molar-refractivity contribution >= 4 is 17.6 Å². The average Bonchev–Trinajstić information content (AvgIpc) is 2.63. The zero-order chi connectivity index (χ0) is 10.7. The fourth-order valence-corrected chi connectivity index (χ4v) is 2.33. The molecule has 2 rings (SSSR count). The molecule has 0 saturated heterocycles. The first kappa shape index (κ1) is 9.98. The van der Waals surface area contributed by atoms with E-state index < -0.39 is 0 Å². The first-order chi connectivity index (χ1) is 7.31. The first-order valence-electron chi connectivity index (χ1n) is 4.61. The second-order valence-electron chi connectivity index (χ2n) is 3.13. The average molecular weight is 218 g/mol. The van der Waals surface area contributed by atoms with Gasteiger partial charge in [-0.15, -0.1) is 11.3 Å². The molecule has 0 N–H and O–H groups in total. The second kappa shape index (κ2) is 4.31. The van der Waals surface area contributed by atoms with Crippen LogP contribution in [0.2, 0.25) is 0 Å². The van der Waals surface area contributed by atoms with Gasteiger partial charge >= 0.3 is 0 Å². The minimum absolute atomic E-state index is 0.453. The molecule has 0 saturated carbocycles. The van der Waals surface area contributed by atoms with Gasteiger partial charge in [-0.05, 0) is 19.1 Å². The summed E-state index contributed by atoms with van der Waals surface area (Å²) in [5.74, 6) is 0. The number of thiazole rings is 1. The molecule has 2 heterocycles. The molecule has 0 unspecified atom stereocenters. The van der Waals surface area contributed by atoms with Crippen molar-refractivity contribution in [1.29, 1.82) is 0 Å². The fraction of sp³-hybridized carbons (Fsp3) is 0.182. The van der Waals surface area contributed by atoms with Crippen molar-refractivity contribution in [2.75, 3.05) is 0 Å². The van der Waals surface area contributed by atoms with Crippen LogP contribution in [0, 0.1) is 6.92 Å². The number of carbonyl (C=O) groups is 1. The number of aromatic nitrogens is 2. The van der Waals surface area contributed by atoms with E-state index in [1.165, 1.54) is 0 Å². The van der Waals surface area contributed by atoms with Crippen LogP contribution in [0.25, 0.3) is 10.6 Å². The SMILES string of the molecule is Cc1nc(-c2ccncc2)sc1CC=O. The molecule has 0 aromatic carbocycles. The van der Waals surface area contributed by atoms with E-state index in [9.17, 15) is 4.79 Å². The zero-order valence-electron chi connectivity index (χ0n) is 8.30. The van der Waals surface area contributed by atoms with Gasteiger partial charge in [-0.1, -0.05) is 0 Å². The third kappa shape index (κ3) is 2.10. The van der Waals surface area contributed by atoms with E-state index in [1.807, 2.05) is 19.1 Å². The number of hydrogen-bond acceptors (Lipinski definition) is 4. The Balaban J connectivity index is 2.38. The Morgan fingerprint density at radius 3 is 2.80 bits per heavy atom. The van der Waals surface area contributed by atoms with Gasteiger partial charge in [0.25, 0.3) is 0 Å². The summed E-state index contributed by atoms with van der Waals surface area (Å²) in [5, 5.41) is 0.951. The molecular weight excluding hydrogens is 208 g/mol. The van der Waals surface area contributed by atoms with Gasteiger partial charge < -0.3 is 4.79 Å². The maximum absolute atomic E-state index is 10.4. The normalized spacial score (nSPS) is 10.2. The largest absolute Gasteiger partial charge is 0.303 e. The highest BCUT2D eigenvalue weighted by atomic mass is 32.1. The van der Waals surface area contributed by atoms with Crippen LogP contribution in [0.3, 0.4) is 0 Å². The Kier molecular flexibility index (Phi) is 2.87. The van der Waals surface area contributed by atoms with Crippen molar-refractivity contribution in [2.45, 2.75) is 13.3 Å². The number of aryl methyl sites for hydroxylation is 1. The predicted octanol–water partition coefficient (Wildman–Crippen LogP) is 2.25. The van der Waals surface area contributed by atoms with Gasteiger partial charge in [0.05, 0.1) is 5.69 Å². The summed E-state index contributed by atoms with van der Waals surface area (Å²) in [6.07, 6.45) is 4.85. The maximum atomic E-state index is 10.4. The molecule has 2 aromatic rings. The van der Waals surface area contributed by atoms with Crippen molar-refractivity contribution in [3.05, 3.63) is 35.1 Å². The third-order valence-corrected chi connectivity index (χ3v) is 3.32. The molecule has 2 aromatic heterocycles. The fourth-order valence-electron chi connectivity index (χ4n) is 1.31. The summed E-state index contributed by atoms with van der Waals surface area (Å²) in [4.78, 5) is 19.9. The molecule has 0 aliphatic carbocycles. The molecule has 0 bridgehead atoms. The molecule has 0 amide bonds. The summed E-state index contributed by atoms with van der Waals surface area (Å²) in [7, 11) is 0. The molecular formula is C11H10N2OS. The number of hydrogen-bond donors (Lipinski definition) is 0. The number of pyridine rings is 1. The summed E-state index contributed by atoms with van der Waals surface area (Å²) in [5.41, 5.74) is 1.99. The Morgan fingerprint density at radius 1 is 1.40 bits per heavy atom. The van der Waals surface area contributed by atoms with Gasteiger partial charge in [0.2, 0.25) is 0 Å². The van der Waals surface area contributed by atoms with Crippen LogP contribution < -0.4 is 0 Å². The summed E-state index contributed by atoms with van der Waals surface area (Å²) >= 11 is 1.57. The van der Waals surface area contributed by atoms with Gasteiger partial charge in [0.1, 0.15) is 11.3 Å². The van der Waals surface area contributed by atoms with Crippen LogP contribution in [0.4, 0.5) is 0 Å². The lowest BCUT2D eigenvalue weighted by atomic mass is 10.3. The van der Waals surface area contributed by atoms with Crippen LogP contribution >= 0.6 is 11.3 Å². The highest BCUT2D eigenvalue weighted by Gasteiger charge is 2.08. The van der Waals surface area contributed by atoms with Crippen molar-refractivity contribution in [3.63, 3.8) is 0 Å². The van der Waals surface area contributed by atoms with E-state index >= 15 is 0 Å². The highest BCUT2D eigenvalue weighted by Crippen LogP contribution is 2.27. The van der Waals surface area contributed by atoms with Crippen molar-refractivity contribution in [2.24, 2.45) is 0 Å². The standard InChI is InChI=1S/C11H10N2OS/c1-8-10(4-7-14)15-11(13-8)9-2-5-12-6-3-9/h2-3,5-7H,4H2,1H3. The van der Waals surface area contributed by atoms with Gasteiger partial charge in [0.15, 0.2) is 0 Å². The quantitative estimate of drug-likeness (QED) is 0.742. The van der Waals surface area contributed by atoms with Crippen molar-refractivity contribution < 1.29 is 4.79 Å². The Labute approximate surface area is 91.8 Å². The van der Waals surface area contributed by atoms with E-state index in [1.54, 1.807) is 23.7 Å². The molecule has 0 aliphatic rings. The zero-order valence-corrected chi connectivity index (χ0v) is 9.12. The van der Waals surface area contributed by atoms with Gasteiger partial charge in [-0.25, -0.2) is 4.98 Å². The molecule has 0 spiro atoms. The molecule has 0 atom stereocenters. The molecule has 15 heavy (non-hydrogen) atoms. The molecule has 4 heteroatoms. The second-order valence-corrected chi connectivity index (χ2v) is 4.22. The predicted molar refractivity (Wildman–Crippen MR) is 59.9 cm³/mol. The van der Waals surface area contributed by atoms with Gasteiger partial charge in [-0.2, -0.15) is 0 Å². The molecule has 3 nitrogen and oxygen atoms in total. The minimum Gasteiger partial charge on any atom is -0.303 e. The van der Waals surface area contributed by atoms with Crippen LogP contribution in [0.5, 0.6) is 0 Å².